The molecule has 1 N–H and O–H groups in total. The second-order valence-electron chi connectivity index (χ2n) is 2.95. The summed E-state index contributed by atoms with van der Waals surface area (Å²) in [5, 5.41) is 12.1. The van der Waals surface area contributed by atoms with Crippen molar-refractivity contribution < 1.29 is 14.4 Å². The number of carboxylic acids is 1. The second-order valence-corrected chi connectivity index (χ2v) is 2.95. The number of aromatic nitrogens is 3. The van der Waals surface area contributed by atoms with Gasteiger partial charge in [0, 0.05) is 6.20 Å². The summed E-state index contributed by atoms with van der Waals surface area (Å²) in [4.78, 5) is 18.2. The van der Waals surface area contributed by atoms with Gasteiger partial charge in [-0.3, -0.25) is 4.98 Å². The maximum Gasteiger partial charge on any atom is 0.394 e. The quantitative estimate of drug-likeness (QED) is 0.790. The molecule has 0 radical (unpaired) electrons. The van der Waals surface area contributed by atoms with Crippen molar-refractivity contribution >= 4 is 5.97 Å². The molecule has 0 aromatic carbocycles. The molecule has 6 nitrogen and oxygen atoms in total. The molecule has 2 aromatic rings. The molecule has 0 aliphatic rings. The summed E-state index contributed by atoms with van der Waals surface area (Å²) in [6.07, 6.45) is 1.60. The smallest absolute Gasteiger partial charge is 0.394 e. The Bertz CT molecular complexity index is 507. The van der Waals surface area contributed by atoms with E-state index in [1.165, 1.54) is 0 Å². The van der Waals surface area contributed by atoms with Gasteiger partial charge in [0.05, 0.1) is 0 Å². The van der Waals surface area contributed by atoms with Gasteiger partial charge >= 0.3 is 11.9 Å². The van der Waals surface area contributed by atoms with E-state index in [4.69, 9.17) is 5.11 Å². The highest BCUT2D eigenvalue weighted by molar-refractivity contribution is 5.82. The van der Waals surface area contributed by atoms with E-state index in [0.717, 1.165) is 5.56 Å². The summed E-state index contributed by atoms with van der Waals surface area (Å²) in [6, 6.07) is 3.57. The van der Waals surface area contributed by atoms with Gasteiger partial charge in [-0.1, -0.05) is 5.16 Å². The van der Waals surface area contributed by atoms with Crippen LogP contribution in [0.2, 0.25) is 0 Å². The van der Waals surface area contributed by atoms with E-state index in [-0.39, 0.29) is 5.82 Å². The molecule has 0 saturated heterocycles. The van der Waals surface area contributed by atoms with E-state index in [9.17, 15) is 4.79 Å². The summed E-state index contributed by atoms with van der Waals surface area (Å²) >= 11 is 0. The van der Waals surface area contributed by atoms with Gasteiger partial charge in [-0.05, 0) is 24.6 Å². The first-order chi connectivity index (χ1) is 7.16. The van der Waals surface area contributed by atoms with Gasteiger partial charge in [-0.2, -0.15) is 4.98 Å². The number of rotatable bonds is 2. The summed E-state index contributed by atoms with van der Waals surface area (Å²) in [6.45, 7) is 1.89. The zero-order chi connectivity index (χ0) is 10.8. The fourth-order valence-corrected chi connectivity index (χ4v) is 1.07. The van der Waals surface area contributed by atoms with Crippen molar-refractivity contribution in [3.63, 3.8) is 0 Å². The second kappa shape index (κ2) is 3.49. The van der Waals surface area contributed by atoms with Crippen LogP contribution in [0.4, 0.5) is 0 Å². The van der Waals surface area contributed by atoms with Crippen LogP contribution in [0.3, 0.4) is 0 Å². The number of nitrogens with zero attached hydrogens (tertiary/aromatic N) is 3. The highest BCUT2D eigenvalue weighted by Gasteiger charge is 2.14. The number of carboxylic acid groups (broad SMARTS) is 1. The molecule has 2 heterocycles. The lowest BCUT2D eigenvalue weighted by atomic mass is 10.2. The van der Waals surface area contributed by atoms with Crippen LogP contribution >= 0.6 is 0 Å². The van der Waals surface area contributed by atoms with Crippen LogP contribution in [0.5, 0.6) is 0 Å². The monoisotopic (exact) mass is 205 g/mol. The normalized spacial score (nSPS) is 10.2. The van der Waals surface area contributed by atoms with E-state index in [1.807, 2.05) is 13.0 Å². The van der Waals surface area contributed by atoms with Gasteiger partial charge in [-0.15, -0.1) is 0 Å². The predicted molar refractivity (Wildman–Crippen MR) is 49.2 cm³/mol. The molecule has 0 saturated carbocycles. The van der Waals surface area contributed by atoms with Crippen molar-refractivity contribution in [3.8, 4) is 11.5 Å². The van der Waals surface area contributed by atoms with Crippen LogP contribution in [-0.4, -0.2) is 26.2 Å². The molecule has 15 heavy (non-hydrogen) atoms. The summed E-state index contributed by atoms with van der Waals surface area (Å²) in [5.74, 6) is -1.51. The molecular weight excluding hydrogens is 198 g/mol. The van der Waals surface area contributed by atoms with Crippen LogP contribution in [0.15, 0.2) is 22.9 Å². The Hall–Kier alpha value is -2.24. The van der Waals surface area contributed by atoms with E-state index in [2.05, 4.69) is 19.6 Å². The molecule has 76 valence electrons. The molecule has 0 spiro atoms. The van der Waals surface area contributed by atoms with Gasteiger partial charge in [0.1, 0.15) is 5.69 Å². The third kappa shape index (κ3) is 1.83. The van der Waals surface area contributed by atoms with Crippen molar-refractivity contribution in [1.82, 2.24) is 15.1 Å². The van der Waals surface area contributed by atoms with Gasteiger partial charge in [0.25, 0.3) is 0 Å². The molecule has 0 atom stereocenters. The molecule has 0 fully saturated rings. The molecule has 6 heteroatoms. The Morgan fingerprint density at radius 1 is 1.53 bits per heavy atom. The maximum absolute atomic E-state index is 10.5. The minimum Gasteiger partial charge on any atom is -0.474 e. The Balaban J connectivity index is 2.41. The molecule has 0 unspecified atom stereocenters. The molecular formula is C9H7N3O3. The molecule has 0 aliphatic carbocycles. The van der Waals surface area contributed by atoms with Crippen molar-refractivity contribution in [3.05, 3.63) is 29.8 Å². The number of aryl methyl sites for hydroxylation is 1. The molecule has 2 rings (SSSR count). The van der Waals surface area contributed by atoms with E-state index in [1.54, 1.807) is 12.3 Å². The number of aromatic carboxylic acids is 1. The third-order valence-corrected chi connectivity index (χ3v) is 1.75. The lowest BCUT2D eigenvalue weighted by Crippen LogP contribution is -1.95. The van der Waals surface area contributed by atoms with Crippen molar-refractivity contribution in [2.45, 2.75) is 6.92 Å². The number of hydrogen-bond acceptors (Lipinski definition) is 5. The Morgan fingerprint density at radius 2 is 2.33 bits per heavy atom. The fourth-order valence-electron chi connectivity index (χ4n) is 1.07. The van der Waals surface area contributed by atoms with Crippen molar-refractivity contribution in [1.29, 1.82) is 0 Å². The summed E-state index contributed by atoms with van der Waals surface area (Å²) in [7, 11) is 0. The summed E-state index contributed by atoms with van der Waals surface area (Å²) in [5.41, 5.74) is 1.48. The topological polar surface area (TPSA) is 89.1 Å². The zero-order valence-corrected chi connectivity index (χ0v) is 7.84. The van der Waals surface area contributed by atoms with Crippen LogP contribution < -0.4 is 0 Å². The first-order valence-corrected chi connectivity index (χ1v) is 4.17. The average molecular weight is 205 g/mol. The zero-order valence-electron chi connectivity index (χ0n) is 7.84. The fraction of sp³-hybridized carbons (Fsp3) is 0.111. The highest BCUT2D eigenvalue weighted by Crippen LogP contribution is 2.13. The lowest BCUT2D eigenvalue weighted by molar-refractivity contribution is 0.0643. The van der Waals surface area contributed by atoms with E-state index >= 15 is 0 Å². The minimum absolute atomic E-state index is 0.177. The molecule has 0 bridgehead atoms. The Labute approximate surface area is 84.6 Å². The van der Waals surface area contributed by atoms with Gasteiger partial charge in [-0.25, -0.2) is 4.79 Å². The lowest BCUT2D eigenvalue weighted by Gasteiger charge is -1.93. The van der Waals surface area contributed by atoms with E-state index < -0.39 is 11.9 Å². The van der Waals surface area contributed by atoms with Crippen molar-refractivity contribution in [2.24, 2.45) is 0 Å². The van der Waals surface area contributed by atoms with Crippen LogP contribution in [-0.2, 0) is 0 Å². The Morgan fingerprint density at radius 3 is 2.93 bits per heavy atom. The maximum atomic E-state index is 10.5. The molecule has 0 amide bonds. The van der Waals surface area contributed by atoms with Gasteiger partial charge in [0.2, 0.25) is 5.82 Å². The highest BCUT2D eigenvalue weighted by atomic mass is 16.5. The Kier molecular flexibility index (Phi) is 2.17. The van der Waals surface area contributed by atoms with Crippen LogP contribution in [0, 0.1) is 6.92 Å². The first-order valence-electron chi connectivity index (χ1n) is 4.17. The number of pyridine rings is 1. The van der Waals surface area contributed by atoms with Gasteiger partial charge < -0.3 is 9.63 Å². The van der Waals surface area contributed by atoms with Crippen LogP contribution in [0.1, 0.15) is 16.2 Å². The number of carbonyl (C=O) groups is 1. The van der Waals surface area contributed by atoms with E-state index in [0.29, 0.717) is 5.69 Å². The number of hydrogen-bond donors (Lipinski definition) is 1. The molecule has 0 aliphatic heterocycles. The van der Waals surface area contributed by atoms with Crippen LogP contribution in [0.25, 0.3) is 11.5 Å². The first kappa shape index (κ1) is 9.32. The molecule has 2 aromatic heterocycles. The van der Waals surface area contributed by atoms with Gasteiger partial charge in [0.15, 0.2) is 0 Å². The standard InChI is InChI=1S/C9H7N3O3/c1-5-2-3-10-6(4-5)7-11-8(9(13)14)15-12-7/h2-4H,1H3,(H,13,14). The predicted octanol–water partition coefficient (Wildman–Crippen LogP) is 1.14. The average Bonchev–Trinajstić information content (AvgIpc) is 2.66. The minimum atomic E-state index is -1.25. The summed E-state index contributed by atoms with van der Waals surface area (Å²) < 4.78 is 4.52. The SMILES string of the molecule is Cc1ccnc(-c2noc(C(=O)O)n2)c1. The van der Waals surface area contributed by atoms with Crippen molar-refractivity contribution in [2.75, 3.05) is 0 Å². The third-order valence-electron chi connectivity index (χ3n) is 1.75. The largest absolute Gasteiger partial charge is 0.474 e.